The van der Waals surface area contributed by atoms with E-state index in [-0.39, 0.29) is 11.3 Å². The van der Waals surface area contributed by atoms with Crippen LogP contribution in [0.4, 0.5) is 10.1 Å². The first-order valence-corrected chi connectivity index (χ1v) is 7.73. The number of aromatic nitrogens is 2. The van der Waals surface area contributed by atoms with Crippen molar-refractivity contribution in [1.82, 2.24) is 14.9 Å². The highest BCUT2D eigenvalue weighted by Crippen LogP contribution is 2.22. The van der Waals surface area contributed by atoms with E-state index in [2.05, 4.69) is 10.3 Å². The number of amides is 1. The molecule has 0 spiro atoms. The number of rotatable bonds is 5. The molecule has 0 aliphatic heterocycles. The number of hydrogen-bond acceptors (Lipinski definition) is 4. The van der Waals surface area contributed by atoms with Crippen LogP contribution in [0.3, 0.4) is 0 Å². The number of nitrogens with one attached hydrogen (secondary N) is 1. The summed E-state index contributed by atoms with van der Waals surface area (Å²) in [6, 6.07) is 10.5. The van der Waals surface area contributed by atoms with Gasteiger partial charge in [0.05, 0.1) is 4.92 Å². The predicted octanol–water partition coefficient (Wildman–Crippen LogP) is 2.99. The van der Waals surface area contributed by atoms with Gasteiger partial charge in [0.25, 0.3) is 11.6 Å². The van der Waals surface area contributed by atoms with Gasteiger partial charge in [0, 0.05) is 37.1 Å². The minimum absolute atomic E-state index is 0.134. The second-order valence-corrected chi connectivity index (χ2v) is 5.67. The van der Waals surface area contributed by atoms with Gasteiger partial charge in [-0.25, -0.2) is 9.37 Å². The van der Waals surface area contributed by atoms with Crippen LogP contribution in [0.2, 0.25) is 0 Å². The zero-order valence-corrected chi connectivity index (χ0v) is 13.8. The van der Waals surface area contributed by atoms with Crippen LogP contribution in [0, 0.1) is 15.9 Å². The van der Waals surface area contributed by atoms with E-state index in [0.717, 1.165) is 0 Å². The van der Waals surface area contributed by atoms with Gasteiger partial charge < -0.3 is 9.88 Å². The number of nitro groups is 1. The smallest absolute Gasteiger partial charge is 0.270 e. The summed E-state index contributed by atoms with van der Waals surface area (Å²) >= 11 is 0. The molecule has 1 aromatic heterocycles. The number of nitrogens with zero attached hydrogens (tertiary/aromatic N) is 3. The number of nitro benzene ring substituents is 1. The molecule has 26 heavy (non-hydrogen) atoms. The molecule has 1 heterocycles. The van der Waals surface area contributed by atoms with Crippen molar-refractivity contribution in [2.45, 2.75) is 6.04 Å². The molecule has 1 atom stereocenters. The van der Waals surface area contributed by atoms with Crippen LogP contribution in [-0.2, 0) is 7.05 Å². The Morgan fingerprint density at radius 3 is 2.69 bits per heavy atom. The van der Waals surface area contributed by atoms with Gasteiger partial charge >= 0.3 is 0 Å². The summed E-state index contributed by atoms with van der Waals surface area (Å²) in [4.78, 5) is 27.2. The molecule has 0 saturated heterocycles. The third-order valence-corrected chi connectivity index (χ3v) is 3.89. The molecule has 1 amide bonds. The van der Waals surface area contributed by atoms with E-state index in [1.165, 1.54) is 36.4 Å². The van der Waals surface area contributed by atoms with Crippen LogP contribution in [0.15, 0.2) is 60.9 Å². The monoisotopic (exact) mass is 354 g/mol. The Hall–Kier alpha value is -3.55. The number of carbonyl (C=O) groups excluding carboxylic acids is 1. The topological polar surface area (TPSA) is 90.1 Å². The van der Waals surface area contributed by atoms with Gasteiger partial charge in [-0.3, -0.25) is 14.9 Å². The summed E-state index contributed by atoms with van der Waals surface area (Å²) in [7, 11) is 1.76. The molecular formula is C18H15FN4O3. The fraction of sp³-hybridized carbons (Fsp3) is 0.111. The first-order chi connectivity index (χ1) is 12.5. The van der Waals surface area contributed by atoms with E-state index >= 15 is 0 Å². The molecule has 132 valence electrons. The van der Waals surface area contributed by atoms with E-state index < -0.39 is 22.7 Å². The number of imidazole rings is 1. The lowest BCUT2D eigenvalue weighted by atomic mass is 10.0. The third-order valence-electron chi connectivity index (χ3n) is 3.89. The van der Waals surface area contributed by atoms with Gasteiger partial charge in [-0.05, 0) is 23.8 Å². The highest BCUT2D eigenvalue weighted by atomic mass is 19.1. The largest absolute Gasteiger partial charge is 0.338 e. The summed E-state index contributed by atoms with van der Waals surface area (Å²) in [6.07, 6.45) is 3.28. The van der Waals surface area contributed by atoms with E-state index in [1.54, 1.807) is 36.1 Å². The average molecular weight is 354 g/mol. The standard InChI is InChI=1S/C18H15FN4O3/c1-22-9-8-20-17(22)16(12-4-2-6-14(19)10-12)21-18(24)13-5-3-7-15(11-13)23(25)26/h2-11,16H,1H3,(H,21,24)/t16-/m0/s1. The predicted molar refractivity (Wildman–Crippen MR) is 92.0 cm³/mol. The third kappa shape index (κ3) is 3.59. The fourth-order valence-corrected chi connectivity index (χ4v) is 2.61. The Bertz CT molecular complexity index is 970. The van der Waals surface area contributed by atoms with E-state index in [4.69, 9.17) is 0 Å². The Balaban J connectivity index is 1.96. The van der Waals surface area contributed by atoms with Crippen LogP contribution in [-0.4, -0.2) is 20.4 Å². The molecule has 3 rings (SSSR count). The summed E-state index contributed by atoms with van der Waals surface area (Å²) in [5, 5.41) is 13.7. The number of non-ortho nitro benzene ring substituents is 1. The summed E-state index contributed by atoms with van der Waals surface area (Å²) in [5.74, 6) is -0.452. The van der Waals surface area contributed by atoms with Crippen molar-refractivity contribution in [2.75, 3.05) is 0 Å². The van der Waals surface area contributed by atoms with Crippen molar-refractivity contribution in [1.29, 1.82) is 0 Å². The number of hydrogen-bond donors (Lipinski definition) is 1. The molecule has 1 N–H and O–H groups in total. The highest BCUT2D eigenvalue weighted by molar-refractivity contribution is 5.95. The first-order valence-electron chi connectivity index (χ1n) is 7.73. The van der Waals surface area contributed by atoms with Gasteiger partial charge in [-0.2, -0.15) is 0 Å². The number of benzene rings is 2. The molecule has 0 saturated carbocycles. The molecule has 0 radical (unpaired) electrons. The van der Waals surface area contributed by atoms with Crippen LogP contribution in [0.25, 0.3) is 0 Å². The summed E-state index contributed by atoms with van der Waals surface area (Å²) < 4.78 is 15.4. The van der Waals surface area contributed by atoms with E-state index in [0.29, 0.717) is 11.4 Å². The van der Waals surface area contributed by atoms with Gasteiger partial charge in [-0.1, -0.05) is 18.2 Å². The Morgan fingerprint density at radius 1 is 1.27 bits per heavy atom. The second-order valence-electron chi connectivity index (χ2n) is 5.67. The quantitative estimate of drug-likeness (QED) is 0.563. The SMILES string of the molecule is Cn1ccnc1[C@@H](NC(=O)c1cccc([N+](=O)[O-])c1)c1cccc(F)c1. The first kappa shape index (κ1) is 17.3. The average Bonchev–Trinajstić information content (AvgIpc) is 3.05. The van der Waals surface area contributed by atoms with Gasteiger partial charge in [0.15, 0.2) is 0 Å². The molecule has 7 nitrogen and oxygen atoms in total. The van der Waals surface area contributed by atoms with Crippen molar-refractivity contribution in [3.05, 3.63) is 93.8 Å². The number of aryl methyl sites for hydroxylation is 1. The van der Waals surface area contributed by atoms with Crippen molar-refractivity contribution >= 4 is 11.6 Å². The molecule has 8 heteroatoms. The molecular weight excluding hydrogens is 339 g/mol. The van der Waals surface area contributed by atoms with Crippen LogP contribution in [0.5, 0.6) is 0 Å². The fourth-order valence-electron chi connectivity index (χ4n) is 2.61. The molecule has 0 aliphatic rings. The van der Waals surface area contributed by atoms with Crippen LogP contribution in [0.1, 0.15) is 27.8 Å². The minimum atomic E-state index is -0.711. The normalized spacial score (nSPS) is 11.8. The Labute approximate surface area is 148 Å². The molecule has 0 fully saturated rings. The minimum Gasteiger partial charge on any atom is -0.338 e. The maximum atomic E-state index is 13.7. The lowest BCUT2D eigenvalue weighted by molar-refractivity contribution is -0.384. The zero-order chi connectivity index (χ0) is 18.7. The van der Waals surface area contributed by atoms with Crippen molar-refractivity contribution in [3.63, 3.8) is 0 Å². The van der Waals surface area contributed by atoms with E-state index in [9.17, 15) is 19.3 Å². The molecule has 0 aliphatic carbocycles. The van der Waals surface area contributed by atoms with Gasteiger partial charge in [-0.15, -0.1) is 0 Å². The lowest BCUT2D eigenvalue weighted by Crippen LogP contribution is -2.31. The molecule has 2 aromatic carbocycles. The lowest BCUT2D eigenvalue weighted by Gasteiger charge is -2.19. The second kappa shape index (κ2) is 7.14. The van der Waals surface area contributed by atoms with E-state index in [1.807, 2.05) is 0 Å². The van der Waals surface area contributed by atoms with Crippen molar-refractivity contribution in [2.24, 2.45) is 7.05 Å². The van der Waals surface area contributed by atoms with Gasteiger partial charge in [0.2, 0.25) is 0 Å². The summed E-state index contributed by atoms with van der Waals surface area (Å²) in [6.45, 7) is 0. The number of carbonyl (C=O) groups is 1. The summed E-state index contributed by atoms with van der Waals surface area (Å²) in [5.41, 5.74) is 0.463. The van der Waals surface area contributed by atoms with Crippen molar-refractivity contribution in [3.8, 4) is 0 Å². The number of halogens is 1. The van der Waals surface area contributed by atoms with Crippen LogP contribution < -0.4 is 5.32 Å². The highest BCUT2D eigenvalue weighted by Gasteiger charge is 2.22. The molecule has 0 bridgehead atoms. The molecule has 0 unspecified atom stereocenters. The maximum absolute atomic E-state index is 13.7. The molecule has 3 aromatic rings. The zero-order valence-electron chi connectivity index (χ0n) is 13.8. The van der Waals surface area contributed by atoms with Gasteiger partial charge in [0.1, 0.15) is 17.7 Å². The maximum Gasteiger partial charge on any atom is 0.270 e. The Morgan fingerprint density at radius 2 is 2.04 bits per heavy atom. The Kier molecular flexibility index (Phi) is 4.74. The van der Waals surface area contributed by atoms with Crippen LogP contribution >= 0.6 is 0 Å². The van der Waals surface area contributed by atoms with Crippen molar-refractivity contribution < 1.29 is 14.1 Å².